The molecule has 3 nitrogen and oxygen atoms in total. The molecule has 0 rings (SSSR count). The molecular weight excluding hydrogens is 216 g/mol. The number of hydrogen-bond acceptors (Lipinski definition) is 3. The van der Waals surface area contributed by atoms with Crippen LogP contribution in [0.4, 0.5) is 0 Å². The van der Waals surface area contributed by atoms with E-state index in [9.17, 15) is 0 Å². The fraction of sp³-hybridized carbons (Fsp3) is 1.00. The molecule has 0 radical (unpaired) electrons. The Morgan fingerprint density at radius 1 is 0.647 bits per heavy atom. The van der Waals surface area contributed by atoms with E-state index in [-0.39, 0.29) is 13.2 Å². The van der Waals surface area contributed by atoms with Crippen LogP contribution in [-0.2, 0) is 4.74 Å². The van der Waals surface area contributed by atoms with Crippen molar-refractivity contribution in [2.75, 3.05) is 26.4 Å². The molecule has 0 aromatic rings. The maximum absolute atomic E-state index is 7.62. The van der Waals surface area contributed by atoms with Gasteiger partial charge in [0.15, 0.2) is 0 Å². The van der Waals surface area contributed by atoms with Gasteiger partial charge in [0.05, 0.1) is 13.2 Å². The zero-order valence-electron chi connectivity index (χ0n) is 12.4. The van der Waals surface area contributed by atoms with Gasteiger partial charge in [0.25, 0.3) is 0 Å². The van der Waals surface area contributed by atoms with Gasteiger partial charge >= 0.3 is 0 Å². The summed E-state index contributed by atoms with van der Waals surface area (Å²) < 4.78 is 5.31. The van der Waals surface area contributed by atoms with Crippen LogP contribution < -0.4 is 0 Å². The average molecular weight is 250 g/mol. The van der Waals surface area contributed by atoms with E-state index in [2.05, 4.69) is 27.7 Å². The fourth-order valence-corrected chi connectivity index (χ4v) is 0.595. The summed E-state index contributed by atoms with van der Waals surface area (Å²) >= 11 is 0. The first-order chi connectivity index (χ1) is 8.24. The largest absolute Gasteiger partial charge is 0.394 e. The van der Waals surface area contributed by atoms with Crippen molar-refractivity contribution in [2.45, 2.75) is 66.2 Å². The number of hydrogen-bond donors (Lipinski definition) is 2. The van der Waals surface area contributed by atoms with Crippen molar-refractivity contribution < 1.29 is 14.9 Å². The Morgan fingerprint density at radius 2 is 1.00 bits per heavy atom. The molecule has 0 aliphatic heterocycles. The highest BCUT2D eigenvalue weighted by atomic mass is 16.5. The van der Waals surface area contributed by atoms with E-state index < -0.39 is 0 Å². The lowest BCUT2D eigenvalue weighted by Crippen LogP contribution is -1.95. The van der Waals surface area contributed by atoms with E-state index in [0.717, 1.165) is 13.2 Å². The van der Waals surface area contributed by atoms with E-state index in [1.165, 1.54) is 38.5 Å². The van der Waals surface area contributed by atoms with Gasteiger partial charge in [0.2, 0.25) is 0 Å². The summed E-state index contributed by atoms with van der Waals surface area (Å²) in [6, 6.07) is 0. The van der Waals surface area contributed by atoms with Gasteiger partial charge in [0.1, 0.15) is 0 Å². The molecule has 0 saturated heterocycles. The summed E-state index contributed by atoms with van der Waals surface area (Å²) in [4.78, 5) is 0. The molecule has 3 heteroatoms. The SMILES string of the molecule is CCCC.CCCCOCCCC.OCCO. The van der Waals surface area contributed by atoms with Crippen LogP contribution in [-0.4, -0.2) is 36.6 Å². The highest BCUT2D eigenvalue weighted by Gasteiger charge is 1.84. The summed E-state index contributed by atoms with van der Waals surface area (Å²) in [5.41, 5.74) is 0. The van der Waals surface area contributed by atoms with Gasteiger partial charge in [-0.25, -0.2) is 0 Å². The normalized spacial score (nSPS) is 8.82. The Labute approximate surface area is 108 Å². The smallest absolute Gasteiger partial charge is 0.0662 e. The molecule has 0 fully saturated rings. The van der Waals surface area contributed by atoms with Gasteiger partial charge in [-0.1, -0.05) is 53.4 Å². The van der Waals surface area contributed by atoms with Crippen LogP contribution in [0.15, 0.2) is 0 Å². The number of aliphatic hydroxyl groups excluding tert-OH is 2. The topological polar surface area (TPSA) is 49.7 Å². The molecule has 0 atom stereocenters. The van der Waals surface area contributed by atoms with Crippen LogP contribution in [0, 0.1) is 0 Å². The minimum absolute atomic E-state index is 0.125. The van der Waals surface area contributed by atoms with Crippen LogP contribution in [0.2, 0.25) is 0 Å². The van der Waals surface area contributed by atoms with E-state index in [1.807, 2.05) is 0 Å². The molecule has 0 heterocycles. The number of rotatable bonds is 8. The van der Waals surface area contributed by atoms with E-state index in [0.29, 0.717) is 0 Å². The van der Waals surface area contributed by atoms with Crippen LogP contribution in [0.1, 0.15) is 66.2 Å². The van der Waals surface area contributed by atoms with Crippen molar-refractivity contribution in [3.8, 4) is 0 Å². The minimum atomic E-state index is -0.125. The third-order valence-electron chi connectivity index (χ3n) is 1.88. The van der Waals surface area contributed by atoms with Crippen LogP contribution in [0.3, 0.4) is 0 Å². The van der Waals surface area contributed by atoms with Crippen molar-refractivity contribution in [3.63, 3.8) is 0 Å². The fourth-order valence-electron chi connectivity index (χ4n) is 0.595. The van der Waals surface area contributed by atoms with Crippen molar-refractivity contribution in [2.24, 2.45) is 0 Å². The second-order valence-corrected chi connectivity index (χ2v) is 3.77. The van der Waals surface area contributed by atoms with Gasteiger partial charge in [-0.05, 0) is 12.8 Å². The molecule has 108 valence electrons. The summed E-state index contributed by atoms with van der Waals surface area (Å²) in [6.07, 6.45) is 7.55. The second kappa shape index (κ2) is 29.7. The Balaban J connectivity index is -0.000000205. The first kappa shape index (κ1) is 22.1. The Bertz CT molecular complexity index is 73.5. The predicted octanol–water partition coefficient (Wildman–Crippen LogP) is 3.38. The molecule has 0 aliphatic carbocycles. The molecular formula is C14H34O3. The van der Waals surface area contributed by atoms with Crippen molar-refractivity contribution >= 4 is 0 Å². The molecule has 0 aromatic heterocycles. The van der Waals surface area contributed by atoms with Gasteiger partial charge in [-0.15, -0.1) is 0 Å². The van der Waals surface area contributed by atoms with Gasteiger partial charge < -0.3 is 14.9 Å². The lowest BCUT2D eigenvalue weighted by atomic mass is 10.3. The molecule has 2 N–H and O–H groups in total. The summed E-state index contributed by atoms with van der Waals surface area (Å²) in [5, 5.41) is 15.2. The first-order valence-electron chi connectivity index (χ1n) is 7.04. The molecule has 0 amide bonds. The van der Waals surface area contributed by atoms with Crippen LogP contribution in [0.5, 0.6) is 0 Å². The maximum atomic E-state index is 7.62. The highest BCUT2D eigenvalue weighted by Crippen LogP contribution is 1.91. The molecule has 0 spiro atoms. The second-order valence-electron chi connectivity index (χ2n) is 3.77. The van der Waals surface area contributed by atoms with E-state index in [4.69, 9.17) is 14.9 Å². The summed E-state index contributed by atoms with van der Waals surface area (Å²) in [6.45, 7) is 10.4. The quantitative estimate of drug-likeness (QED) is 0.649. The zero-order chi connectivity index (χ0) is 13.8. The van der Waals surface area contributed by atoms with Crippen LogP contribution >= 0.6 is 0 Å². The van der Waals surface area contributed by atoms with Gasteiger partial charge in [0, 0.05) is 13.2 Å². The predicted molar refractivity (Wildman–Crippen MR) is 75.4 cm³/mol. The average Bonchev–Trinajstić information content (AvgIpc) is 2.39. The molecule has 0 unspecified atom stereocenters. The minimum Gasteiger partial charge on any atom is -0.394 e. The molecule has 0 bridgehead atoms. The molecule has 0 aromatic carbocycles. The monoisotopic (exact) mass is 250 g/mol. The van der Waals surface area contributed by atoms with E-state index >= 15 is 0 Å². The zero-order valence-corrected chi connectivity index (χ0v) is 12.4. The third kappa shape index (κ3) is 49.3. The summed E-state index contributed by atoms with van der Waals surface area (Å²) in [5.74, 6) is 0. The first-order valence-corrected chi connectivity index (χ1v) is 7.04. The maximum Gasteiger partial charge on any atom is 0.0662 e. The van der Waals surface area contributed by atoms with Crippen molar-refractivity contribution in [3.05, 3.63) is 0 Å². The van der Waals surface area contributed by atoms with Crippen molar-refractivity contribution in [1.29, 1.82) is 0 Å². The Hall–Kier alpha value is -0.120. The highest BCUT2D eigenvalue weighted by molar-refractivity contribution is 4.33. The van der Waals surface area contributed by atoms with Crippen LogP contribution in [0.25, 0.3) is 0 Å². The summed E-state index contributed by atoms with van der Waals surface area (Å²) in [7, 11) is 0. The number of unbranched alkanes of at least 4 members (excludes halogenated alkanes) is 3. The standard InChI is InChI=1S/C8H18O.C4H10.C2H6O2/c1-3-5-7-9-8-6-4-2;1-3-4-2;3-1-2-4/h3-8H2,1-2H3;3-4H2,1-2H3;3-4H,1-2H2. The van der Waals surface area contributed by atoms with Crippen molar-refractivity contribution in [1.82, 2.24) is 0 Å². The molecule has 17 heavy (non-hydrogen) atoms. The number of aliphatic hydroxyl groups is 2. The number of ether oxygens (including phenoxy) is 1. The Morgan fingerprint density at radius 3 is 1.18 bits per heavy atom. The Kier molecular flexibility index (Phi) is 38.6. The van der Waals surface area contributed by atoms with E-state index in [1.54, 1.807) is 0 Å². The third-order valence-corrected chi connectivity index (χ3v) is 1.88. The lowest BCUT2D eigenvalue weighted by molar-refractivity contribution is 0.128. The lowest BCUT2D eigenvalue weighted by Gasteiger charge is -1.99. The van der Waals surface area contributed by atoms with Gasteiger partial charge in [-0.2, -0.15) is 0 Å². The van der Waals surface area contributed by atoms with Gasteiger partial charge in [-0.3, -0.25) is 0 Å². The molecule has 0 saturated carbocycles. The molecule has 0 aliphatic rings.